The summed E-state index contributed by atoms with van der Waals surface area (Å²) < 4.78 is 2.78. The van der Waals surface area contributed by atoms with Crippen LogP contribution in [0.2, 0.25) is 0 Å². The van der Waals surface area contributed by atoms with Crippen molar-refractivity contribution in [1.82, 2.24) is 3.96 Å². The Bertz CT molecular complexity index is 1040. The average Bonchev–Trinajstić information content (AvgIpc) is 2.93. The first kappa shape index (κ1) is 14.0. The van der Waals surface area contributed by atoms with Gasteiger partial charge in [-0.25, -0.2) is 3.96 Å². The highest BCUT2D eigenvalue weighted by molar-refractivity contribution is 7.14. The first-order valence-electron chi connectivity index (χ1n) is 7.51. The lowest BCUT2D eigenvalue weighted by atomic mass is 10.0. The van der Waals surface area contributed by atoms with E-state index in [0.717, 1.165) is 26.9 Å². The Balaban J connectivity index is 1.86. The van der Waals surface area contributed by atoms with Crippen LogP contribution in [-0.2, 0) is 0 Å². The number of nitrogens with zero attached hydrogens (tertiary/aromatic N) is 1. The molecular formula is C20H15NOS. The second kappa shape index (κ2) is 5.52. The topological polar surface area (TPSA) is 22.0 Å². The zero-order chi connectivity index (χ0) is 15.8. The van der Waals surface area contributed by atoms with Crippen LogP contribution in [0.4, 0.5) is 0 Å². The quantitative estimate of drug-likeness (QED) is 0.508. The molecule has 3 heteroatoms. The molecule has 1 aromatic heterocycles. The van der Waals surface area contributed by atoms with E-state index in [4.69, 9.17) is 0 Å². The van der Waals surface area contributed by atoms with Crippen LogP contribution in [0.25, 0.3) is 26.9 Å². The largest absolute Gasteiger partial charge is 0.273 e. The molecule has 0 fully saturated rings. The summed E-state index contributed by atoms with van der Waals surface area (Å²) >= 11 is 1.49. The molecule has 4 aromatic rings. The van der Waals surface area contributed by atoms with Crippen molar-refractivity contribution in [2.75, 3.05) is 0 Å². The van der Waals surface area contributed by atoms with E-state index < -0.39 is 0 Å². The maximum atomic E-state index is 12.6. The second-order valence-electron chi connectivity index (χ2n) is 5.60. The van der Waals surface area contributed by atoms with Crippen LogP contribution in [0.1, 0.15) is 5.56 Å². The van der Waals surface area contributed by atoms with Gasteiger partial charge < -0.3 is 0 Å². The molecule has 0 unspecified atom stereocenters. The molecule has 0 aliphatic heterocycles. The van der Waals surface area contributed by atoms with E-state index in [1.165, 1.54) is 17.1 Å². The maximum absolute atomic E-state index is 12.6. The Morgan fingerprint density at radius 2 is 1.61 bits per heavy atom. The van der Waals surface area contributed by atoms with Crippen LogP contribution in [-0.4, -0.2) is 3.96 Å². The molecule has 0 bridgehead atoms. The van der Waals surface area contributed by atoms with Crippen molar-refractivity contribution < 1.29 is 0 Å². The van der Waals surface area contributed by atoms with Gasteiger partial charge in [-0.15, -0.1) is 0 Å². The van der Waals surface area contributed by atoms with Gasteiger partial charge in [0.05, 0.1) is 15.8 Å². The van der Waals surface area contributed by atoms with Gasteiger partial charge >= 0.3 is 0 Å². The van der Waals surface area contributed by atoms with E-state index in [2.05, 4.69) is 43.3 Å². The van der Waals surface area contributed by atoms with E-state index in [0.29, 0.717) is 0 Å². The van der Waals surface area contributed by atoms with Crippen molar-refractivity contribution in [2.24, 2.45) is 0 Å². The standard InChI is InChI=1S/C20H15NOS/c1-14-9-11-15(12-10-14)16-5-4-6-17(13-16)21-20(22)18-7-2-3-8-19(18)23-21/h2-13H,1H3. The Labute approximate surface area is 138 Å². The van der Waals surface area contributed by atoms with E-state index >= 15 is 0 Å². The monoisotopic (exact) mass is 317 g/mol. The Morgan fingerprint density at radius 1 is 0.826 bits per heavy atom. The highest BCUT2D eigenvalue weighted by atomic mass is 32.1. The molecule has 0 radical (unpaired) electrons. The summed E-state index contributed by atoms with van der Waals surface area (Å²) in [5, 5.41) is 0.776. The third-order valence-corrected chi connectivity index (χ3v) is 5.07. The molecule has 1 heterocycles. The predicted octanol–water partition coefficient (Wildman–Crippen LogP) is 5.03. The molecule has 2 nitrogen and oxygen atoms in total. The van der Waals surface area contributed by atoms with Gasteiger partial charge in [0, 0.05) is 0 Å². The first-order chi connectivity index (χ1) is 11.2. The summed E-state index contributed by atoms with van der Waals surface area (Å²) in [5.41, 5.74) is 4.48. The molecule has 3 aromatic carbocycles. The Kier molecular flexibility index (Phi) is 3.36. The van der Waals surface area contributed by atoms with Gasteiger partial charge in [-0.2, -0.15) is 0 Å². The van der Waals surface area contributed by atoms with E-state index in [1.807, 2.05) is 36.4 Å². The Hall–Kier alpha value is -2.65. The number of fused-ring (bicyclic) bond motifs is 1. The van der Waals surface area contributed by atoms with Crippen molar-refractivity contribution in [1.29, 1.82) is 0 Å². The van der Waals surface area contributed by atoms with Crippen molar-refractivity contribution in [3.05, 3.63) is 88.7 Å². The van der Waals surface area contributed by atoms with Gasteiger partial charge in [-0.05, 0) is 42.3 Å². The summed E-state index contributed by atoms with van der Waals surface area (Å²) in [6, 6.07) is 24.3. The smallest absolute Gasteiger partial charge is 0.267 e. The average molecular weight is 317 g/mol. The summed E-state index contributed by atoms with van der Waals surface area (Å²) in [5.74, 6) is 0. The molecule has 0 atom stereocenters. The molecule has 0 aliphatic carbocycles. The summed E-state index contributed by atoms with van der Waals surface area (Å²) in [4.78, 5) is 12.6. The number of aromatic nitrogens is 1. The van der Waals surface area contributed by atoms with Crippen LogP contribution in [0.15, 0.2) is 77.6 Å². The van der Waals surface area contributed by atoms with Crippen molar-refractivity contribution >= 4 is 21.6 Å². The molecule has 112 valence electrons. The van der Waals surface area contributed by atoms with Crippen molar-refractivity contribution in [3.8, 4) is 16.8 Å². The summed E-state index contributed by atoms with van der Waals surface area (Å²) in [7, 11) is 0. The highest BCUT2D eigenvalue weighted by Gasteiger charge is 2.09. The molecule has 0 spiro atoms. The molecule has 0 N–H and O–H groups in total. The van der Waals surface area contributed by atoms with Crippen LogP contribution in [0.3, 0.4) is 0 Å². The van der Waals surface area contributed by atoms with Gasteiger partial charge in [0.2, 0.25) is 0 Å². The normalized spacial score (nSPS) is 11.0. The van der Waals surface area contributed by atoms with Crippen LogP contribution < -0.4 is 5.56 Å². The van der Waals surface area contributed by atoms with Gasteiger partial charge in [0.15, 0.2) is 0 Å². The fourth-order valence-corrected chi connectivity index (χ4v) is 3.69. The van der Waals surface area contributed by atoms with E-state index in [-0.39, 0.29) is 5.56 Å². The number of aryl methyl sites for hydroxylation is 1. The summed E-state index contributed by atoms with van der Waals surface area (Å²) in [6.45, 7) is 2.08. The van der Waals surface area contributed by atoms with Crippen molar-refractivity contribution in [2.45, 2.75) is 6.92 Å². The van der Waals surface area contributed by atoms with Gasteiger partial charge in [-0.3, -0.25) is 4.79 Å². The van der Waals surface area contributed by atoms with Crippen LogP contribution in [0, 0.1) is 6.92 Å². The third kappa shape index (κ3) is 2.49. The molecule has 0 saturated heterocycles. The molecular weight excluding hydrogens is 302 g/mol. The van der Waals surface area contributed by atoms with E-state index in [9.17, 15) is 4.79 Å². The maximum Gasteiger partial charge on any atom is 0.273 e. The van der Waals surface area contributed by atoms with E-state index in [1.54, 1.807) is 3.96 Å². The highest BCUT2D eigenvalue weighted by Crippen LogP contribution is 2.25. The fourth-order valence-electron chi connectivity index (χ4n) is 2.70. The molecule has 23 heavy (non-hydrogen) atoms. The molecule has 4 rings (SSSR count). The minimum absolute atomic E-state index is 0.0478. The second-order valence-corrected chi connectivity index (χ2v) is 6.59. The predicted molar refractivity (Wildman–Crippen MR) is 97.6 cm³/mol. The minimum Gasteiger partial charge on any atom is -0.267 e. The molecule has 0 aliphatic rings. The van der Waals surface area contributed by atoms with Gasteiger partial charge in [0.1, 0.15) is 0 Å². The Morgan fingerprint density at radius 3 is 2.39 bits per heavy atom. The van der Waals surface area contributed by atoms with Crippen LogP contribution in [0.5, 0.6) is 0 Å². The number of hydrogen-bond donors (Lipinski definition) is 0. The zero-order valence-electron chi connectivity index (χ0n) is 12.7. The number of rotatable bonds is 2. The first-order valence-corrected chi connectivity index (χ1v) is 8.28. The molecule has 0 amide bonds. The minimum atomic E-state index is 0.0478. The number of benzene rings is 3. The third-order valence-electron chi connectivity index (χ3n) is 3.96. The fraction of sp³-hybridized carbons (Fsp3) is 0.0500. The summed E-state index contributed by atoms with van der Waals surface area (Å²) in [6.07, 6.45) is 0. The lowest BCUT2D eigenvalue weighted by Gasteiger charge is -2.06. The lowest BCUT2D eigenvalue weighted by molar-refractivity contribution is 1.14. The zero-order valence-corrected chi connectivity index (χ0v) is 13.5. The lowest BCUT2D eigenvalue weighted by Crippen LogP contribution is -2.10. The number of hydrogen-bond acceptors (Lipinski definition) is 2. The van der Waals surface area contributed by atoms with Crippen molar-refractivity contribution in [3.63, 3.8) is 0 Å². The van der Waals surface area contributed by atoms with Crippen LogP contribution >= 0.6 is 11.5 Å². The SMILES string of the molecule is Cc1ccc(-c2cccc(-n3sc4ccccc4c3=O)c2)cc1. The van der Waals surface area contributed by atoms with Gasteiger partial charge in [-0.1, -0.05) is 65.6 Å². The van der Waals surface area contributed by atoms with Gasteiger partial charge in [0.25, 0.3) is 5.56 Å². The molecule has 0 saturated carbocycles.